The second-order valence-corrected chi connectivity index (χ2v) is 7.18. The van der Waals surface area contributed by atoms with Crippen molar-refractivity contribution in [3.05, 3.63) is 30.2 Å². The van der Waals surface area contributed by atoms with Gasteiger partial charge in [-0.2, -0.15) is 0 Å². The van der Waals surface area contributed by atoms with Crippen LogP contribution in [0.4, 0.5) is 0 Å². The smallest absolute Gasteiger partial charge is 0.199 e. The molecule has 1 aliphatic heterocycles. The van der Waals surface area contributed by atoms with Gasteiger partial charge in [0.05, 0.1) is 24.0 Å². The lowest BCUT2D eigenvalue weighted by Gasteiger charge is -2.22. The molecule has 0 radical (unpaired) electrons. The average molecular weight is 305 g/mol. The topological polar surface area (TPSA) is 80.2 Å². The standard InChI is InChI=1S/C15H23N5O2/c1-14(2,3)13-17-12(9-22-13)8-19-6-4-15(21,10-19)11-20-7-5-16-18-20/h5,7,9,21H,4,6,8,10-11H2,1-3H3. The van der Waals surface area contributed by atoms with E-state index in [2.05, 4.69) is 41.0 Å². The highest BCUT2D eigenvalue weighted by atomic mass is 16.3. The van der Waals surface area contributed by atoms with E-state index in [-0.39, 0.29) is 5.41 Å². The Kier molecular flexibility index (Phi) is 3.78. The summed E-state index contributed by atoms with van der Waals surface area (Å²) in [5, 5.41) is 18.4. The summed E-state index contributed by atoms with van der Waals surface area (Å²) >= 11 is 0. The summed E-state index contributed by atoms with van der Waals surface area (Å²) in [6.45, 7) is 8.84. The minimum absolute atomic E-state index is 0.0862. The molecule has 0 aliphatic carbocycles. The molecule has 1 fully saturated rings. The molecule has 0 aromatic carbocycles. The van der Waals surface area contributed by atoms with Gasteiger partial charge >= 0.3 is 0 Å². The van der Waals surface area contributed by atoms with Gasteiger partial charge in [0.2, 0.25) is 0 Å². The Morgan fingerprint density at radius 1 is 1.41 bits per heavy atom. The lowest BCUT2D eigenvalue weighted by molar-refractivity contribution is 0.0273. The number of likely N-dealkylation sites (tertiary alicyclic amines) is 1. The van der Waals surface area contributed by atoms with Crippen LogP contribution in [0, 0.1) is 0 Å². The molecule has 2 aromatic heterocycles. The Bertz CT molecular complexity index is 616. The SMILES string of the molecule is CC(C)(C)c1nc(CN2CCC(O)(Cn3ccnn3)C2)co1. The molecule has 1 N–H and O–H groups in total. The molecule has 3 heterocycles. The van der Waals surface area contributed by atoms with E-state index >= 15 is 0 Å². The molecule has 1 unspecified atom stereocenters. The fraction of sp³-hybridized carbons (Fsp3) is 0.667. The van der Waals surface area contributed by atoms with Gasteiger partial charge in [0.15, 0.2) is 5.89 Å². The van der Waals surface area contributed by atoms with Crippen LogP contribution in [-0.4, -0.2) is 48.7 Å². The molecule has 1 saturated heterocycles. The molecule has 2 aromatic rings. The Morgan fingerprint density at radius 3 is 2.86 bits per heavy atom. The maximum atomic E-state index is 10.7. The van der Waals surface area contributed by atoms with Crippen LogP contribution < -0.4 is 0 Å². The van der Waals surface area contributed by atoms with Crippen LogP contribution in [0.3, 0.4) is 0 Å². The number of rotatable bonds is 4. The summed E-state index contributed by atoms with van der Waals surface area (Å²) in [5.74, 6) is 0.750. The first kappa shape index (κ1) is 15.2. The summed E-state index contributed by atoms with van der Waals surface area (Å²) in [4.78, 5) is 6.75. The zero-order valence-corrected chi connectivity index (χ0v) is 13.4. The minimum Gasteiger partial charge on any atom is -0.448 e. The van der Waals surface area contributed by atoms with Crippen LogP contribution >= 0.6 is 0 Å². The second kappa shape index (κ2) is 5.48. The molecule has 3 rings (SSSR count). The first-order chi connectivity index (χ1) is 10.3. The van der Waals surface area contributed by atoms with Crippen molar-refractivity contribution in [2.75, 3.05) is 13.1 Å². The fourth-order valence-corrected chi connectivity index (χ4v) is 2.78. The predicted octanol–water partition coefficient (Wildman–Crippen LogP) is 1.20. The van der Waals surface area contributed by atoms with Gasteiger partial charge < -0.3 is 9.52 Å². The third-order valence-corrected chi connectivity index (χ3v) is 3.92. The Labute approximate surface area is 129 Å². The quantitative estimate of drug-likeness (QED) is 0.914. The summed E-state index contributed by atoms with van der Waals surface area (Å²) in [5.41, 5.74) is 0.0661. The van der Waals surface area contributed by atoms with Crippen LogP contribution in [-0.2, 0) is 18.5 Å². The van der Waals surface area contributed by atoms with Crippen molar-refractivity contribution in [2.45, 2.75) is 51.3 Å². The average Bonchev–Trinajstić information content (AvgIpc) is 3.11. The number of aliphatic hydroxyl groups is 1. The number of hydrogen-bond acceptors (Lipinski definition) is 6. The van der Waals surface area contributed by atoms with Crippen LogP contribution in [0.2, 0.25) is 0 Å². The van der Waals surface area contributed by atoms with Gasteiger partial charge in [-0.1, -0.05) is 26.0 Å². The third-order valence-electron chi connectivity index (χ3n) is 3.92. The normalized spacial score (nSPS) is 23.3. The molecule has 0 spiro atoms. The van der Waals surface area contributed by atoms with Gasteiger partial charge in [-0.25, -0.2) is 9.67 Å². The van der Waals surface area contributed by atoms with Crippen LogP contribution in [0.15, 0.2) is 23.1 Å². The van der Waals surface area contributed by atoms with E-state index in [1.165, 1.54) is 0 Å². The molecule has 0 saturated carbocycles. The van der Waals surface area contributed by atoms with E-state index in [1.54, 1.807) is 23.3 Å². The maximum Gasteiger partial charge on any atom is 0.199 e. The van der Waals surface area contributed by atoms with E-state index in [0.29, 0.717) is 19.6 Å². The van der Waals surface area contributed by atoms with Crippen LogP contribution in [0.25, 0.3) is 0 Å². The van der Waals surface area contributed by atoms with Gasteiger partial charge in [-0.05, 0) is 6.42 Å². The highest BCUT2D eigenvalue weighted by molar-refractivity contribution is 5.05. The van der Waals surface area contributed by atoms with E-state index in [9.17, 15) is 5.11 Å². The van der Waals surface area contributed by atoms with Crippen LogP contribution in [0.5, 0.6) is 0 Å². The minimum atomic E-state index is -0.760. The largest absolute Gasteiger partial charge is 0.448 e. The molecule has 0 bridgehead atoms. The number of hydrogen-bond donors (Lipinski definition) is 1. The number of nitrogens with zero attached hydrogens (tertiary/aromatic N) is 5. The molecule has 7 heteroatoms. The highest BCUT2D eigenvalue weighted by Gasteiger charge is 2.37. The molecular weight excluding hydrogens is 282 g/mol. The molecule has 7 nitrogen and oxygen atoms in total. The van der Waals surface area contributed by atoms with Crippen molar-refractivity contribution in [1.82, 2.24) is 24.9 Å². The van der Waals surface area contributed by atoms with Crippen molar-refractivity contribution >= 4 is 0 Å². The number of oxazole rings is 1. The zero-order valence-electron chi connectivity index (χ0n) is 13.4. The van der Waals surface area contributed by atoms with Gasteiger partial charge in [0, 0.05) is 31.2 Å². The van der Waals surface area contributed by atoms with Crippen LogP contribution in [0.1, 0.15) is 38.8 Å². The third kappa shape index (κ3) is 3.36. The van der Waals surface area contributed by atoms with Gasteiger partial charge in [0.1, 0.15) is 6.26 Å². The van der Waals surface area contributed by atoms with Crippen molar-refractivity contribution in [3.63, 3.8) is 0 Å². The van der Waals surface area contributed by atoms with E-state index in [0.717, 1.165) is 24.6 Å². The monoisotopic (exact) mass is 305 g/mol. The number of aromatic nitrogens is 4. The Morgan fingerprint density at radius 2 is 2.23 bits per heavy atom. The van der Waals surface area contributed by atoms with E-state index in [1.807, 2.05) is 0 Å². The molecule has 120 valence electrons. The highest BCUT2D eigenvalue weighted by Crippen LogP contribution is 2.26. The van der Waals surface area contributed by atoms with Crippen molar-refractivity contribution in [2.24, 2.45) is 0 Å². The molecule has 1 atom stereocenters. The van der Waals surface area contributed by atoms with E-state index < -0.39 is 5.60 Å². The van der Waals surface area contributed by atoms with Gasteiger partial charge in [-0.3, -0.25) is 4.90 Å². The molecule has 1 aliphatic rings. The lowest BCUT2D eigenvalue weighted by atomic mass is 9.97. The summed E-state index contributed by atoms with van der Waals surface area (Å²) in [7, 11) is 0. The van der Waals surface area contributed by atoms with Crippen molar-refractivity contribution in [3.8, 4) is 0 Å². The molecule has 22 heavy (non-hydrogen) atoms. The summed E-state index contributed by atoms with van der Waals surface area (Å²) in [6, 6.07) is 0. The predicted molar refractivity (Wildman–Crippen MR) is 80.1 cm³/mol. The maximum absolute atomic E-state index is 10.7. The second-order valence-electron chi connectivity index (χ2n) is 7.18. The Hall–Kier alpha value is -1.73. The van der Waals surface area contributed by atoms with Gasteiger partial charge in [0.25, 0.3) is 0 Å². The van der Waals surface area contributed by atoms with E-state index in [4.69, 9.17) is 4.42 Å². The Balaban J connectivity index is 1.60. The number of β-amino-alcohol motifs (C(OH)–C–C–N with tert-alkyl or cyclic N) is 1. The summed E-state index contributed by atoms with van der Waals surface area (Å²) in [6.07, 6.45) is 5.83. The first-order valence-corrected chi connectivity index (χ1v) is 7.58. The zero-order chi connectivity index (χ0) is 15.8. The van der Waals surface area contributed by atoms with Crippen molar-refractivity contribution < 1.29 is 9.52 Å². The van der Waals surface area contributed by atoms with Gasteiger partial charge in [-0.15, -0.1) is 5.10 Å². The first-order valence-electron chi connectivity index (χ1n) is 7.58. The molecule has 0 amide bonds. The van der Waals surface area contributed by atoms with Crippen molar-refractivity contribution in [1.29, 1.82) is 0 Å². The summed E-state index contributed by atoms with van der Waals surface area (Å²) < 4.78 is 7.23. The molecular formula is C15H23N5O2. The fourth-order valence-electron chi connectivity index (χ4n) is 2.78. The lowest BCUT2D eigenvalue weighted by Crippen LogP contribution is -2.37.